The summed E-state index contributed by atoms with van der Waals surface area (Å²) in [7, 11) is 0. The third-order valence-electron chi connectivity index (χ3n) is 1.75. The van der Waals surface area contributed by atoms with E-state index in [-0.39, 0.29) is 5.57 Å². The predicted octanol–water partition coefficient (Wildman–Crippen LogP) is 2.85. The van der Waals surface area contributed by atoms with Gasteiger partial charge in [-0.1, -0.05) is 32.9 Å². The van der Waals surface area contributed by atoms with Crippen molar-refractivity contribution in [3.05, 3.63) is 24.3 Å². The molecule has 0 aliphatic heterocycles. The molecule has 0 aliphatic rings. The Balaban J connectivity index is 0. The average molecular weight is 228 g/mol. The molecule has 0 unspecified atom stereocenters. The van der Waals surface area contributed by atoms with Crippen molar-refractivity contribution in [2.24, 2.45) is 0 Å². The molecule has 0 spiro atoms. The SMILES string of the molecule is C=C(C)C(=O)O.C=C(CCCCC)C(=O)O. The number of rotatable bonds is 6. The van der Waals surface area contributed by atoms with Crippen LogP contribution in [-0.4, -0.2) is 22.2 Å². The maximum absolute atomic E-state index is 10.2. The molecule has 0 saturated heterocycles. The number of carboxylic acids is 2. The molecule has 0 amide bonds. The first kappa shape index (κ1) is 16.8. The minimum absolute atomic E-state index is 0.176. The third-order valence-corrected chi connectivity index (χ3v) is 1.75. The van der Waals surface area contributed by atoms with E-state index < -0.39 is 11.9 Å². The molecular weight excluding hydrogens is 208 g/mol. The lowest BCUT2D eigenvalue weighted by atomic mass is 10.1. The summed E-state index contributed by atoms with van der Waals surface area (Å²) >= 11 is 0. The highest BCUT2D eigenvalue weighted by atomic mass is 16.4. The van der Waals surface area contributed by atoms with Gasteiger partial charge in [0.05, 0.1) is 0 Å². The molecule has 0 aromatic heterocycles. The van der Waals surface area contributed by atoms with Crippen LogP contribution in [-0.2, 0) is 9.59 Å². The zero-order valence-corrected chi connectivity index (χ0v) is 9.95. The summed E-state index contributed by atoms with van der Waals surface area (Å²) < 4.78 is 0. The van der Waals surface area contributed by atoms with Crippen molar-refractivity contribution in [3.63, 3.8) is 0 Å². The summed E-state index contributed by atoms with van der Waals surface area (Å²) in [5.74, 6) is -1.80. The van der Waals surface area contributed by atoms with Gasteiger partial charge in [-0.2, -0.15) is 0 Å². The maximum atomic E-state index is 10.2. The summed E-state index contributed by atoms with van der Waals surface area (Å²) in [4.78, 5) is 19.8. The summed E-state index contributed by atoms with van der Waals surface area (Å²) in [6.07, 6.45) is 3.78. The fourth-order valence-electron chi connectivity index (χ4n) is 0.695. The number of carbonyl (C=O) groups is 2. The molecule has 92 valence electrons. The van der Waals surface area contributed by atoms with Gasteiger partial charge in [-0.15, -0.1) is 0 Å². The van der Waals surface area contributed by atoms with Gasteiger partial charge >= 0.3 is 11.9 Å². The molecule has 4 heteroatoms. The zero-order valence-electron chi connectivity index (χ0n) is 9.95. The minimum Gasteiger partial charge on any atom is -0.478 e. The van der Waals surface area contributed by atoms with Crippen LogP contribution in [0.1, 0.15) is 39.5 Å². The number of carboxylic acid groups (broad SMARTS) is 2. The lowest BCUT2D eigenvalue weighted by Gasteiger charge is -1.97. The Morgan fingerprint density at radius 2 is 1.50 bits per heavy atom. The topological polar surface area (TPSA) is 74.6 Å². The highest BCUT2D eigenvalue weighted by molar-refractivity contribution is 5.85. The van der Waals surface area contributed by atoms with Crippen LogP contribution < -0.4 is 0 Å². The summed E-state index contributed by atoms with van der Waals surface area (Å²) in [5, 5.41) is 16.3. The first-order chi connectivity index (χ1) is 7.32. The molecule has 4 nitrogen and oxygen atoms in total. The average Bonchev–Trinajstić information content (AvgIpc) is 2.18. The number of aliphatic carboxylic acids is 2. The van der Waals surface area contributed by atoms with Crippen molar-refractivity contribution in [3.8, 4) is 0 Å². The largest absolute Gasteiger partial charge is 0.478 e. The van der Waals surface area contributed by atoms with Gasteiger partial charge in [0.25, 0.3) is 0 Å². The molecule has 0 saturated carbocycles. The molecule has 16 heavy (non-hydrogen) atoms. The van der Waals surface area contributed by atoms with Gasteiger partial charge in [-0.3, -0.25) is 0 Å². The fraction of sp³-hybridized carbons (Fsp3) is 0.500. The molecule has 0 aromatic carbocycles. The van der Waals surface area contributed by atoms with Gasteiger partial charge in [-0.25, -0.2) is 9.59 Å². The van der Waals surface area contributed by atoms with Crippen LogP contribution in [0.25, 0.3) is 0 Å². The molecule has 2 N–H and O–H groups in total. The van der Waals surface area contributed by atoms with Crippen LogP contribution in [0, 0.1) is 0 Å². The predicted molar refractivity (Wildman–Crippen MR) is 63.4 cm³/mol. The van der Waals surface area contributed by atoms with Crippen LogP contribution >= 0.6 is 0 Å². The van der Waals surface area contributed by atoms with E-state index in [4.69, 9.17) is 10.2 Å². The normalized spacial score (nSPS) is 8.62. The Morgan fingerprint density at radius 3 is 1.75 bits per heavy atom. The van der Waals surface area contributed by atoms with E-state index in [1.807, 2.05) is 0 Å². The summed E-state index contributed by atoms with van der Waals surface area (Å²) in [6.45, 7) is 10.1. The standard InChI is InChI=1S/C8H14O2.C4H6O2/c1-3-4-5-6-7(2)8(9)10;1-3(2)4(5)6/h2-6H2,1H3,(H,9,10);1H2,2H3,(H,5,6). The van der Waals surface area contributed by atoms with E-state index in [9.17, 15) is 9.59 Å². The van der Waals surface area contributed by atoms with Gasteiger partial charge in [-0.05, 0) is 19.8 Å². The fourth-order valence-corrected chi connectivity index (χ4v) is 0.695. The summed E-state index contributed by atoms with van der Waals surface area (Å²) in [5.41, 5.74) is 0.503. The highest BCUT2D eigenvalue weighted by Crippen LogP contribution is 2.06. The Bertz CT molecular complexity index is 254. The van der Waals surface area contributed by atoms with Crippen molar-refractivity contribution in [2.45, 2.75) is 39.5 Å². The Kier molecular flexibility index (Phi) is 10.5. The first-order valence-electron chi connectivity index (χ1n) is 5.12. The number of hydrogen-bond donors (Lipinski definition) is 2. The second-order valence-electron chi connectivity index (χ2n) is 3.45. The third kappa shape index (κ3) is 12.4. The first-order valence-corrected chi connectivity index (χ1v) is 5.12. The second kappa shape index (κ2) is 9.96. The van der Waals surface area contributed by atoms with Crippen molar-refractivity contribution >= 4 is 11.9 Å². The number of hydrogen-bond acceptors (Lipinski definition) is 2. The molecule has 0 rings (SSSR count). The smallest absolute Gasteiger partial charge is 0.330 e. The zero-order chi connectivity index (χ0) is 13.1. The monoisotopic (exact) mass is 228 g/mol. The van der Waals surface area contributed by atoms with Crippen LogP contribution in [0.3, 0.4) is 0 Å². The van der Waals surface area contributed by atoms with Gasteiger partial charge in [0.1, 0.15) is 0 Å². The molecule has 0 aromatic rings. The Labute approximate surface area is 96.3 Å². The Hall–Kier alpha value is -1.58. The molecule has 0 radical (unpaired) electrons. The van der Waals surface area contributed by atoms with Crippen LogP contribution in [0.5, 0.6) is 0 Å². The van der Waals surface area contributed by atoms with Gasteiger partial charge in [0.15, 0.2) is 0 Å². The van der Waals surface area contributed by atoms with Gasteiger partial charge < -0.3 is 10.2 Å². The van der Waals surface area contributed by atoms with Crippen molar-refractivity contribution in [2.75, 3.05) is 0 Å². The molecule has 0 aliphatic carbocycles. The van der Waals surface area contributed by atoms with E-state index in [2.05, 4.69) is 20.1 Å². The molecule has 0 atom stereocenters. The maximum Gasteiger partial charge on any atom is 0.330 e. The van der Waals surface area contributed by atoms with Crippen LogP contribution in [0.15, 0.2) is 24.3 Å². The van der Waals surface area contributed by atoms with Crippen molar-refractivity contribution < 1.29 is 19.8 Å². The lowest BCUT2D eigenvalue weighted by molar-refractivity contribution is -0.133. The van der Waals surface area contributed by atoms with Crippen LogP contribution in [0.4, 0.5) is 0 Å². The van der Waals surface area contributed by atoms with Crippen LogP contribution in [0.2, 0.25) is 0 Å². The molecule has 0 bridgehead atoms. The Morgan fingerprint density at radius 1 is 1.06 bits per heavy atom. The summed E-state index contributed by atoms with van der Waals surface area (Å²) in [6, 6.07) is 0. The quantitative estimate of drug-likeness (QED) is 0.541. The van der Waals surface area contributed by atoms with E-state index in [1.54, 1.807) is 0 Å². The van der Waals surface area contributed by atoms with E-state index >= 15 is 0 Å². The highest BCUT2D eigenvalue weighted by Gasteiger charge is 2.01. The molecular formula is C12H20O4. The van der Waals surface area contributed by atoms with E-state index in [0.29, 0.717) is 12.0 Å². The van der Waals surface area contributed by atoms with Gasteiger partial charge in [0.2, 0.25) is 0 Å². The molecule has 0 heterocycles. The van der Waals surface area contributed by atoms with Gasteiger partial charge in [0, 0.05) is 11.1 Å². The molecule has 0 fully saturated rings. The lowest BCUT2D eigenvalue weighted by Crippen LogP contribution is -1.98. The number of unbranched alkanes of at least 4 members (excludes halogenated alkanes) is 2. The van der Waals surface area contributed by atoms with Crippen molar-refractivity contribution in [1.29, 1.82) is 0 Å². The second-order valence-corrected chi connectivity index (χ2v) is 3.45. The van der Waals surface area contributed by atoms with Crippen molar-refractivity contribution in [1.82, 2.24) is 0 Å². The minimum atomic E-state index is -0.935. The van der Waals surface area contributed by atoms with E-state index in [1.165, 1.54) is 6.92 Å². The van der Waals surface area contributed by atoms with E-state index in [0.717, 1.165) is 19.3 Å².